The largest absolute Gasteiger partial charge is 0.463 e. The first kappa shape index (κ1) is 20.4. The van der Waals surface area contributed by atoms with Gasteiger partial charge in [0.1, 0.15) is 0 Å². The second-order valence-electron chi connectivity index (χ2n) is 7.96. The van der Waals surface area contributed by atoms with Crippen molar-refractivity contribution in [1.29, 1.82) is 0 Å². The molecule has 28 heavy (non-hydrogen) atoms. The lowest BCUT2D eigenvalue weighted by molar-refractivity contribution is -0.139. The third kappa shape index (κ3) is 4.55. The van der Waals surface area contributed by atoms with Crippen LogP contribution in [0.3, 0.4) is 0 Å². The molecule has 1 unspecified atom stereocenters. The molecular formula is C22H31N3O3. The van der Waals surface area contributed by atoms with Crippen molar-refractivity contribution in [1.82, 2.24) is 15.5 Å². The minimum atomic E-state index is -0.508. The average molecular weight is 386 g/mol. The van der Waals surface area contributed by atoms with Crippen LogP contribution in [0.25, 0.3) is 0 Å². The van der Waals surface area contributed by atoms with Crippen LogP contribution in [0.15, 0.2) is 29.5 Å². The van der Waals surface area contributed by atoms with Crippen molar-refractivity contribution in [2.24, 2.45) is 5.92 Å². The molecule has 1 saturated heterocycles. The van der Waals surface area contributed by atoms with Crippen LogP contribution in [-0.2, 0) is 9.53 Å². The Morgan fingerprint density at radius 3 is 2.64 bits per heavy atom. The molecule has 152 valence electrons. The fourth-order valence-corrected chi connectivity index (χ4v) is 3.94. The summed E-state index contributed by atoms with van der Waals surface area (Å²) in [5, 5.41) is 5.82. The Balaban J connectivity index is 2.00. The number of ether oxygens (including phenoxy) is 1. The van der Waals surface area contributed by atoms with Crippen molar-refractivity contribution in [3.05, 3.63) is 46.2 Å². The third-order valence-electron chi connectivity index (χ3n) is 5.65. The lowest BCUT2D eigenvalue weighted by atomic mass is 9.90. The summed E-state index contributed by atoms with van der Waals surface area (Å²) in [4.78, 5) is 27.7. The zero-order valence-corrected chi connectivity index (χ0v) is 17.3. The first-order chi connectivity index (χ1) is 13.4. The molecule has 2 amide bonds. The van der Waals surface area contributed by atoms with Gasteiger partial charge in [0, 0.05) is 12.2 Å². The molecule has 0 aliphatic carbocycles. The molecule has 2 heterocycles. The molecule has 0 spiro atoms. The highest BCUT2D eigenvalue weighted by Crippen LogP contribution is 2.31. The SMILES string of the molecule is CCOC(=O)C1=C(CN2CCC(C)CC2)NC(=O)NC1c1cc(C)ccc1C. The number of hydrogen-bond acceptors (Lipinski definition) is 4. The Bertz CT molecular complexity index is 779. The number of amides is 2. The summed E-state index contributed by atoms with van der Waals surface area (Å²) in [6.45, 7) is 10.9. The van der Waals surface area contributed by atoms with Crippen molar-refractivity contribution in [3.63, 3.8) is 0 Å². The number of carbonyl (C=O) groups is 2. The van der Waals surface area contributed by atoms with Crippen LogP contribution in [0.2, 0.25) is 0 Å². The van der Waals surface area contributed by atoms with Crippen LogP contribution in [0.4, 0.5) is 4.79 Å². The number of nitrogens with zero attached hydrogens (tertiary/aromatic N) is 1. The minimum Gasteiger partial charge on any atom is -0.463 e. The molecular weight excluding hydrogens is 354 g/mol. The van der Waals surface area contributed by atoms with E-state index >= 15 is 0 Å². The van der Waals surface area contributed by atoms with Gasteiger partial charge in [-0.2, -0.15) is 0 Å². The molecule has 6 nitrogen and oxygen atoms in total. The normalized spacial score (nSPS) is 21.3. The standard InChI is InChI=1S/C22H31N3O3/c1-5-28-21(26)19-18(13-25-10-8-14(2)9-11-25)23-22(27)24-20(19)17-12-15(3)6-7-16(17)4/h6-7,12,14,20H,5,8-11,13H2,1-4H3,(H2,23,24,27). The number of hydrogen-bond donors (Lipinski definition) is 2. The first-order valence-corrected chi connectivity index (χ1v) is 10.2. The maximum absolute atomic E-state index is 12.9. The summed E-state index contributed by atoms with van der Waals surface area (Å²) in [5.74, 6) is 0.348. The molecule has 0 bridgehead atoms. The van der Waals surface area contributed by atoms with Gasteiger partial charge in [-0.1, -0.05) is 30.7 Å². The van der Waals surface area contributed by atoms with Gasteiger partial charge in [-0.05, 0) is 63.7 Å². The molecule has 1 aromatic carbocycles. The molecule has 2 N–H and O–H groups in total. The fourth-order valence-electron chi connectivity index (χ4n) is 3.94. The lowest BCUT2D eigenvalue weighted by Crippen LogP contribution is -2.49. The van der Waals surface area contributed by atoms with Crippen LogP contribution in [0.5, 0.6) is 0 Å². The summed E-state index contributed by atoms with van der Waals surface area (Å²) in [5.41, 5.74) is 4.22. The Hall–Kier alpha value is -2.34. The van der Waals surface area contributed by atoms with E-state index in [1.165, 1.54) is 0 Å². The van der Waals surface area contributed by atoms with Crippen molar-refractivity contribution in [2.45, 2.75) is 46.6 Å². The number of benzene rings is 1. The van der Waals surface area contributed by atoms with E-state index in [2.05, 4.69) is 22.5 Å². The van der Waals surface area contributed by atoms with Gasteiger partial charge in [0.15, 0.2) is 0 Å². The number of rotatable bonds is 5. The van der Waals surface area contributed by atoms with E-state index in [1.807, 2.05) is 32.0 Å². The fraction of sp³-hybridized carbons (Fsp3) is 0.545. The van der Waals surface area contributed by atoms with Gasteiger partial charge in [-0.3, -0.25) is 4.90 Å². The number of nitrogens with one attached hydrogen (secondary N) is 2. The predicted octanol–water partition coefficient (Wildman–Crippen LogP) is 3.21. The maximum atomic E-state index is 12.9. The van der Waals surface area contributed by atoms with E-state index < -0.39 is 6.04 Å². The van der Waals surface area contributed by atoms with E-state index in [0.717, 1.165) is 48.5 Å². The number of likely N-dealkylation sites (tertiary alicyclic amines) is 1. The molecule has 2 aliphatic rings. The van der Waals surface area contributed by atoms with Crippen molar-refractivity contribution in [2.75, 3.05) is 26.2 Å². The quantitative estimate of drug-likeness (QED) is 0.764. The van der Waals surface area contributed by atoms with Gasteiger partial charge in [0.05, 0.1) is 18.2 Å². The zero-order valence-electron chi connectivity index (χ0n) is 17.3. The van der Waals surface area contributed by atoms with Crippen molar-refractivity contribution < 1.29 is 14.3 Å². The van der Waals surface area contributed by atoms with Gasteiger partial charge in [-0.25, -0.2) is 9.59 Å². The molecule has 2 aliphatic heterocycles. The van der Waals surface area contributed by atoms with E-state index in [9.17, 15) is 9.59 Å². The third-order valence-corrected chi connectivity index (χ3v) is 5.65. The second-order valence-corrected chi connectivity index (χ2v) is 7.96. The van der Waals surface area contributed by atoms with Crippen LogP contribution < -0.4 is 10.6 Å². The molecule has 0 radical (unpaired) electrons. The minimum absolute atomic E-state index is 0.278. The van der Waals surface area contributed by atoms with E-state index in [1.54, 1.807) is 6.92 Å². The van der Waals surface area contributed by atoms with Crippen molar-refractivity contribution in [3.8, 4) is 0 Å². The van der Waals surface area contributed by atoms with Gasteiger partial charge in [-0.15, -0.1) is 0 Å². The molecule has 3 rings (SSSR count). The maximum Gasteiger partial charge on any atom is 0.338 e. The highest BCUT2D eigenvalue weighted by molar-refractivity contribution is 5.95. The summed E-state index contributed by atoms with van der Waals surface area (Å²) in [6.07, 6.45) is 2.27. The van der Waals surface area contributed by atoms with Crippen LogP contribution in [0, 0.1) is 19.8 Å². The number of urea groups is 1. The predicted molar refractivity (Wildman–Crippen MR) is 109 cm³/mol. The number of aryl methyl sites for hydroxylation is 2. The lowest BCUT2D eigenvalue weighted by Gasteiger charge is -2.35. The van der Waals surface area contributed by atoms with Gasteiger partial charge < -0.3 is 15.4 Å². The van der Waals surface area contributed by atoms with Crippen molar-refractivity contribution >= 4 is 12.0 Å². The molecule has 1 atom stereocenters. The van der Waals surface area contributed by atoms with Gasteiger partial charge in [0.2, 0.25) is 0 Å². The second kappa shape index (κ2) is 8.78. The number of piperidine rings is 1. The molecule has 1 fully saturated rings. The summed E-state index contributed by atoms with van der Waals surface area (Å²) in [7, 11) is 0. The first-order valence-electron chi connectivity index (χ1n) is 10.2. The number of esters is 1. The van der Waals surface area contributed by atoms with E-state index in [0.29, 0.717) is 24.4 Å². The zero-order chi connectivity index (χ0) is 20.3. The average Bonchev–Trinajstić information content (AvgIpc) is 2.65. The molecule has 1 aromatic rings. The van der Waals surface area contributed by atoms with Gasteiger partial charge in [0.25, 0.3) is 0 Å². The van der Waals surface area contributed by atoms with Crippen LogP contribution in [-0.4, -0.2) is 43.1 Å². The topological polar surface area (TPSA) is 70.7 Å². The summed E-state index contributed by atoms with van der Waals surface area (Å²) < 4.78 is 5.37. The molecule has 0 saturated carbocycles. The summed E-state index contributed by atoms with van der Waals surface area (Å²) >= 11 is 0. The summed E-state index contributed by atoms with van der Waals surface area (Å²) in [6, 6.07) is 5.30. The van der Waals surface area contributed by atoms with Gasteiger partial charge >= 0.3 is 12.0 Å². The highest BCUT2D eigenvalue weighted by atomic mass is 16.5. The van der Waals surface area contributed by atoms with Crippen LogP contribution in [0.1, 0.15) is 49.4 Å². The Morgan fingerprint density at radius 2 is 1.96 bits per heavy atom. The Kier molecular flexibility index (Phi) is 6.39. The molecule has 0 aromatic heterocycles. The van der Waals surface area contributed by atoms with E-state index in [4.69, 9.17) is 4.74 Å². The Labute approximate surface area is 167 Å². The van der Waals surface area contributed by atoms with E-state index in [-0.39, 0.29) is 12.0 Å². The smallest absolute Gasteiger partial charge is 0.338 e. The number of carbonyl (C=O) groups excluding carboxylic acids is 2. The molecule has 6 heteroatoms. The Morgan fingerprint density at radius 1 is 1.25 bits per heavy atom. The van der Waals surface area contributed by atoms with Crippen LogP contribution >= 0.6 is 0 Å². The monoisotopic (exact) mass is 385 g/mol. The highest BCUT2D eigenvalue weighted by Gasteiger charge is 2.35.